The highest BCUT2D eigenvalue weighted by atomic mass is 35.6. The molecule has 0 aliphatic carbocycles. The summed E-state index contributed by atoms with van der Waals surface area (Å²) in [5, 5.41) is 0.582. The molecule has 0 aliphatic heterocycles. The molecule has 0 unspecified atom stereocenters. The fraction of sp³-hybridized carbons (Fsp3) is 0.209. The van der Waals surface area contributed by atoms with Gasteiger partial charge in [-0.25, -0.2) is 23.0 Å². The van der Waals surface area contributed by atoms with Gasteiger partial charge in [-0.1, -0.05) is 106 Å². The van der Waals surface area contributed by atoms with Gasteiger partial charge in [-0.15, -0.1) is 0 Å². The molecular formula is C43H33Cl5F6N8O6S2. The lowest BCUT2D eigenvalue weighted by molar-refractivity contribution is -0.138. The number of alkyl halides is 9. The molecule has 0 aliphatic rings. The Morgan fingerprint density at radius 3 is 1.47 bits per heavy atom. The molecule has 27 heteroatoms. The van der Waals surface area contributed by atoms with Gasteiger partial charge in [0, 0.05) is 43.1 Å². The Bertz CT molecular complexity index is 3630. The molecule has 0 N–H and O–H groups in total. The zero-order chi connectivity index (χ0) is 51.8. The molecule has 4 heterocycles. The van der Waals surface area contributed by atoms with E-state index >= 15 is 0 Å². The van der Waals surface area contributed by atoms with Crippen LogP contribution in [0.3, 0.4) is 0 Å². The molecule has 4 aromatic heterocycles. The maximum atomic E-state index is 13.5. The van der Waals surface area contributed by atoms with Crippen LogP contribution in [0.4, 0.5) is 26.3 Å². The standard InChI is InChI=1S/C21H16ClF3N4O4S.C21H16ClF3N4O2S.CHCl3/c1-27-17-16(18(30)28(2)20(27)31)29(11-12-6-8-14(22)9-7-12)19(26-17)34(32,33)15-5-3-4-13(10-15)21(23,24)25;1-27-17-16(18(30)28(2)20(27)31)29(11-12-6-8-14(22)9-7-12)19(26-17)32-15-5-3-4-13(10-15)21(23,24)25;2-1(3)4/h3-10H,11H2,1-2H3;3-10H,11H2,1-2H3;1H. The van der Waals surface area contributed by atoms with Crippen LogP contribution >= 0.6 is 69.8 Å². The summed E-state index contributed by atoms with van der Waals surface area (Å²) in [6, 6.07) is 21.3. The smallest absolute Gasteiger partial charge is 0.308 e. The van der Waals surface area contributed by atoms with Crippen molar-refractivity contribution in [1.82, 2.24) is 37.4 Å². The van der Waals surface area contributed by atoms with Crippen LogP contribution in [0.15, 0.2) is 136 Å². The molecule has 0 radical (unpaired) electrons. The van der Waals surface area contributed by atoms with Crippen LogP contribution in [-0.2, 0) is 63.5 Å². The third kappa shape index (κ3) is 11.6. The van der Waals surface area contributed by atoms with Crippen molar-refractivity contribution in [3.05, 3.63) is 171 Å². The van der Waals surface area contributed by atoms with Gasteiger partial charge in [0.25, 0.3) is 11.1 Å². The number of aromatic nitrogens is 8. The lowest BCUT2D eigenvalue weighted by atomic mass is 10.2. The molecule has 4 aromatic carbocycles. The van der Waals surface area contributed by atoms with Gasteiger partial charge >= 0.3 is 23.7 Å². The van der Waals surface area contributed by atoms with E-state index in [1.54, 1.807) is 53.1 Å². The second-order valence-electron chi connectivity index (χ2n) is 14.9. The van der Waals surface area contributed by atoms with Gasteiger partial charge in [0.15, 0.2) is 31.8 Å². The molecule has 14 nitrogen and oxygen atoms in total. The third-order valence-electron chi connectivity index (χ3n) is 10.2. The van der Waals surface area contributed by atoms with Crippen LogP contribution in [0, 0.1) is 0 Å². The Morgan fingerprint density at radius 1 is 0.586 bits per heavy atom. The minimum Gasteiger partial charge on any atom is -0.308 e. The van der Waals surface area contributed by atoms with E-state index in [2.05, 4.69) is 9.97 Å². The topological polar surface area (TPSA) is 158 Å². The number of fused-ring (bicyclic) bond motifs is 2. The number of sulfone groups is 1. The van der Waals surface area contributed by atoms with E-state index in [1.165, 1.54) is 44.9 Å². The molecule has 70 heavy (non-hydrogen) atoms. The van der Waals surface area contributed by atoms with E-state index in [0.29, 0.717) is 26.6 Å². The van der Waals surface area contributed by atoms with E-state index in [0.717, 1.165) is 65.9 Å². The molecule has 0 saturated carbocycles. The van der Waals surface area contributed by atoms with E-state index < -0.39 is 70.2 Å². The molecule has 0 bridgehead atoms. The third-order valence-corrected chi connectivity index (χ3v) is 13.4. The monoisotopic (exact) mass is 1110 g/mol. The Balaban J connectivity index is 0.000000214. The van der Waals surface area contributed by atoms with Crippen molar-refractivity contribution < 1.29 is 34.8 Å². The Hall–Kier alpha value is -5.49. The fourth-order valence-electron chi connectivity index (χ4n) is 6.76. The highest BCUT2D eigenvalue weighted by Crippen LogP contribution is 2.36. The highest BCUT2D eigenvalue weighted by Gasteiger charge is 2.35. The van der Waals surface area contributed by atoms with Crippen molar-refractivity contribution >= 4 is 102 Å². The normalized spacial score (nSPS) is 12.0. The molecule has 0 fully saturated rings. The summed E-state index contributed by atoms with van der Waals surface area (Å²) in [6.45, 7) is 0.0387. The van der Waals surface area contributed by atoms with E-state index in [-0.39, 0.29) is 40.6 Å². The predicted molar refractivity (Wildman–Crippen MR) is 255 cm³/mol. The second kappa shape index (κ2) is 21.1. The zero-order valence-electron chi connectivity index (χ0n) is 36.2. The van der Waals surface area contributed by atoms with Crippen LogP contribution in [0.5, 0.6) is 0 Å². The zero-order valence-corrected chi connectivity index (χ0v) is 41.6. The molecular weight excluding hydrogens is 1080 g/mol. The van der Waals surface area contributed by atoms with Crippen LogP contribution in [0.25, 0.3) is 22.3 Å². The van der Waals surface area contributed by atoms with Crippen molar-refractivity contribution in [2.24, 2.45) is 28.2 Å². The molecule has 0 atom stereocenters. The van der Waals surface area contributed by atoms with Gasteiger partial charge in [0.2, 0.25) is 15.0 Å². The number of hydrogen-bond acceptors (Lipinski definition) is 9. The highest BCUT2D eigenvalue weighted by molar-refractivity contribution is 7.99. The van der Waals surface area contributed by atoms with Gasteiger partial charge in [0.1, 0.15) is 0 Å². The van der Waals surface area contributed by atoms with Crippen molar-refractivity contribution in [1.29, 1.82) is 0 Å². The lowest BCUT2D eigenvalue weighted by Gasteiger charge is -2.12. The van der Waals surface area contributed by atoms with Crippen LogP contribution in [-0.4, -0.2) is 50.1 Å². The maximum absolute atomic E-state index is 13.5. The minimum absolute atomic E-state index is 0.154. The van der Waals surface area contributed by atoms with Crippen LogP contribution in [0.1, 0.15) is 22.3 Å². The molecule has 0 amide bonds. The molecule has 0 saturated heterocycles. The van der Waals surface area contributed by atoms with Gasteiger partial charge in [-0.2, -0.15) is 31.3 Å². The summed E-state index contributed by atoms with van der Waals surface area (Å²) in [5.41, 5.74) is -3.30. The van der Waals surface area contributed by atoms with Gasteiger partial charge in [-0.05, 0) is 71.8 Å². The molecule has 370 valence electrons. The first-order valence-electron chi connectivity index (χ1n) is 19.6. The van der Waals surface area contributed by atoms with Crippen molar-refractivity contribution in [2.75, 3.05) is 0 Å². The first kappa shape index (κ1) is 53.9. The summed E-state index contributed by atoms with van der Waals surface area (Å²) >= 11 is 27.3. The molecule has 0 spiro atoms. The largest absolute Gasteiger partial charge is 0.416 e. The van der Waals surface area contributed by atoms with E-state index in [4.69, 9.17) is 58.0 Å². The Morgan fingerprint density at radius 2 is 1.00 bits per heavy atom. The summed E-state index contributed by atoms with van der Waals surface area (Å²) in [5.74, 6) is 0. The number of benzene rings is 4. The maximum Gasteiger partial charge on any atom is 0.416 e. The Labute approximate surface area is 420 Å². The van der Waals surface area contributed by atoms with Gasteiger partial charge < -0.3 is 9.13 Å². The SMILES string of the molecule is ClC(Cl)Cl.Cn1c(=O)c2c(nc(S(=O)(=O)c3cccc(C(F)(F)F)c3)n2Cc2ccc(Cl)cc2)n(C)c1=O.Cn1c(=O)c2c(nc(Sc3cccc(C(F)(F)F)c3)n2Cc2ccc(Cl)cc2)n(C)c1=O. The van der Waals surface area contributed by atoms with E-state index in [9.17, 15) is 53.9 Å². The molecule has 8 aromatic rings. The summed E-state index contributed by atoms with van der Waals surface area (Å²) in [7, 11) is 0.750. The second-order valence-corrected chi connectivity index (χ2v) is 20.6. The van der Waals surface area contributed by atoms with Crippen LogP contribution in [0.2, 0.25) is 10.0 Å². The summed E-state index contributed by atoms with van der Waals surface area (Å²) < 4.78 is 112. The number of hydrogen-bond donors (Lipinski definition) is 0. The van der Waals surface area contributed by atoms with Crippen molar-refractivity contribution in [3.8, 4) is 0 Å². The average molecular weight is 1110 g/mol. The first-order valence-corrected chi connectivity index (χ1v) is 24.0. The average Bonchev–Trinajstić information content (AvgIpc) is 3.86. The number of rotatable bonds is 8. The predicted octanol–water partition coefficient (Wildman–Crippen LogP) is 9.28. The summed E-state index contributed by atoms with van der Waals surface area (Å²) in [6.07, 6.45) is -9.26. The van der Waals surface area contributed by atoms with Gasteiger partial charge in [-0.3, -0.25) is 27.9 Å². The first-order chi connectivity index (χ1) is 32.6. The lowest BCUT2D eigenvalue weighted by Crippen LogP contribution is -2.37. The number of halogens is 11. The minimum atomic E-state index is -4.77. The number of imidazole rings is 2. The van der Waals surface area contributed by atoms with Crippen LogP contribution < -0.4 is 22.5 Å². The molecule has 8 rings (SSSR count). The van der Waals surface area contributed by atoms with Crippen molar-refractivity contribution in [2.45, 2.75) is 49.8 Å². The Kier molecular flexibility index (Phi) is 16.2. The fourth-order valence-corrected chi connectivity index (χ4v) is 9.36. The number of aryl methyl sites for hydroxylation is 2. The van der Waals surface area contributed by atoms with Crippen molar-refractivity contribution in [3.63, 3.8) is 0 Å². The quantitative estimate of drug-likeness (QED) is 0.107. The van der Waals surface area contributed by atoms with E-state index in [1.807, 2.05) is 0 Å². The van der Waals surface area contributed by atoms with Gasteiger partial charge in [0.05, 0.1) is 29.1 Å². The number of nitrogens with zero attached hydrogens (tertiary/aromatic N) is 8. The summed E-state index contributed by atoms with van der Waals surface area (Å²) in [4.78, 5) is 58.8.